The van der Waals surface area contributed by atoms with Crippen molar-refractivity contribution in [2.75, 3.05) is 11.5 Å². The molecule has 0 radical (unpaired) electrons. The van der Waals surface area contributed by atoms with E-state index in [2.05, 4.69) is 15.9 Å². The normalized spacial score (nSPS) is 12.9. The van der Waals surface area contributed by atoms with Gasteiger partial charge in [-0.25, -0.2) is 16.8 Å². The molecular formula is C11H15BrO4S2. The van der Waals surface area contributed by atoms with Gasteiger partial charge in [0.2, 0.25) is 0 Å². The third-order valence-corrected chi connectivity index (χ3v) is 7.19. The van der Waals surface area contributed by atoms with E-state index in [0.29, 0.717) is 4.47 Å². The van der Waals surface area contributed by atoms with Gasteiger partial charge in [0.15, 0.2) is 19.7 Å². The molecule has 0 aromatic heterocycles. The average molecular weight is 355 g/mol. The second-order valence-electron chi connectivity index (χ2n) is 4.19. The zero-order valence-corrected chi connectivity index (χ0v) is 13.3. The van der Waals surface area contributed by atoms with Gasteiger partial charge in [-0.2, -0.15) is 0 Å². The van der Waals surface area contributed by atoms with Crippen LogP contribution in [0.2, 0.25) is 0 Å². The molecule has 1 rings (SSSR count). The maximum Gasteiger partial charge on any atom is 0.179 e. The molecule has 0 aliphatic rings. The zero-order chi connectivity index (χ0) is 14.0. The first-order valence-electron chi connectivity index (χ1n) is 5.35. The lowest BCUT2D eigenvalue weighted by Crippen LogP contribution is -2.23. The molecule has 0 fully saturated rings. The van der Waals surface area contributed by atoms with Crippen LogP contribution in [0.3, 0.4) is 0 Å². The highest BCUT2D eigenvalue weighted by molar-refractivity contribution is 9.10. The summed E-state index contributed by atoms with van der Waals surface area (Å²) in [6, 6.07) is 6.25. The van der Waals surface area contributed by atoms with Crippen LogP contribution in [-0.4, -0.2) is 33.6 Å². The van der Waals surface area contributed by atoms with Gasteiger partial charge in [0.1, 0.15) is 0 Å². The lowest BCUT2D eigenvalue weighted by molar-refractivity contribution is 0.582. The van der Waals surface area contributed by atoms with E-state index >= 15 is 0 Å². The topological polar surface area (TPSA) is 68.3 Å². The Morgan fingerprint density at radius 1 is 1.11 bits per heavy atom. The van der Waals surface area contributed by atoms with E-state index in [1.54, 1.807) is 26.0 Å². The fourth-order valence-electron chi connectivity index (χ4n) is 1.24. The van der Waals surface area contributed by atoms with Crippen LogP contribution in [0.5, 0.6) is 0 Å². The van der Waals surface area contributed by atoms with Crippen molar-refractivity contribution in [3.05, 3.63) is 28.7 Å². The van der Waals surface area contributed by atoms with Crippen molar-refractivity contribution in [3.8, 4) is 0 Å². The molecule has 0 atom stereocenters. The minimum atomic E-state index is -3.56. The SMILES string of the molecule is CC(C)S(=O)(=O)CCS(=O)(=O)c1cccc(Br)c1. The first kappa shape index (κ1) is 15.7. The van der Waals surface area contributed by atoms with Crippen molar-refractivity contribution in [2.24, 2.45) is 0 Å². The van der Waals surface area contributed by atoms with Gasteiger partial charge in [-0.15, -0.1) is 0 Å². The van der Waals surface area contributed by atoms with Crippen molar-refractivity contribution in [2.45, 2.75) is 24.0 Å². The van der Waals surface area contributed by atoms with Crippen LogP contribution >= 0.6 is 15.9 Å². The highest BCUT2D eigenvalue weighted by Crippen LogP contribution is 2.18. The second-order valence-corrected chi connectivity index (χ2v) is 9.89. The number of halogens is 1. The van der Waals surface area contributed by atoms with E-state index < -0.39 is 24.9 Å². The molecular weight excluding hydrogens is 340 g/mol. The third kappa shape index (κ3) is 4.07. The predicted molar refractivity (Wildman–Crippen MR) is 75.1 cm³/mol. The maximum atomic E-state index is 12.0. The van der Waals surface area contributed by atoms with Gasteiger partial charge >= 0.3 is 0 Å². The molecule has 7 heteroatoms. The minimum Gasteiger partial charge on any atom is -0.229 e. The Hall–Kier alpha value is -0.400. The lowest BCUT2D eigenvalue weighted by Gasteiger charge is -2.08. The molecule has 0 amide bonds. The van der Waals surface area contributed by atoms with Gasteiger partial charge in [0.25, 0.3) is 0 Å². The Morgan fingerprint density at radius 3 is 2.22 bits per heavy atom. The molecule has 1 aromatic carbocycles. The zero-order valence-electron chi connectivity index (χ0n) is 10.1. The van der Waals surface area contributed by atoms with E-state index in [9.17, 15) is 16.8 Å². The van der Waals surface area contributed by atoms with E-state index in [1.165, 1.54) is 12.1 Å². The van der Waals surface area contributed by atoms with E-state index in [4.69, 9.17) is 0 Å². The summed E-state index contributed by atoms with van der Waals surface area (Å²) in [5.74, 6) is -0.733. The summed E-state index contributed by atoms with van der Waals surface area (Å²) in [5.41, 5.74) is 0. The minimum absolute atomic E-state index is 0.135. The first-order valence-corrected chi connectivity index (χ1v) is 9.51. The van der Waals surface area contributed by atoms with Gasteiger partial charge in [-0.3, -0.25) is 0 Å². The van der Waals surface area contributed by atoms with Gasteiger partial charge in [0.05, 0.1) is 21.7 Å². The Morgan fingerprint density at radius 2 is 1.72 bits per heavy atom. The Bertz CT molecular complexity index is 618. The Kier molecular flexibility index (Phi) is 4.97. The average Bonchev–Trinajstić information content (AvgIpc) is 2.26. The summed E-state index contributed by atoms with van der Waals surface area (Å²) in [5, 5.41) is -0.560. The fourth-order valence-corrected chi connectivity index (χ4v) is 4.90. The molecule has 0 saturated heterocycles. The molecule has 0 aliphatic heterocycles. The third-order valence-electron chi connectivity index (χ3n) is 2.51. The lowest BCUT2D eigenvalue weighted by atomic mass is 10.4. The molecule has 0 unspecified atom stereocenters. The van der Waals surface area contributed by atoms with Crippen LogP contribution in [0, 0.1) is 0 Å². The first-order chi connectivity index (χ1) is 8.15. The highest BCUT2D eigenvalue weighted by Gasteiger charge is 2.22. The van der Waals surface area contributed by atoms with Gasteiger partial charge in [0, 0.05) is 4.47 Å². The molecule has 0 bridgehead atoms. The molecule has 0 heterocycles. The number of hydrogen-bond donors (Lipinski definition) is 0. The largest absolute Gasteiger partial charge is 0.229 e. The standard InChI is InChI=1S/C11H15BrO4S2/c1-9(2)17(13,14)6-7-18(15,16)11-5-3-4-10(12)8-11/h3-5,8-9H,6-7H2,1-2H3. The molecule has 18 heavy (non-hydrogen) atoms. The number of sulfone groups is 2. The molecule has 0 aliphatic carbocycles. The van der Waals surface area contributed by atoms with Gasteiger partial charge < -0.3 is 0 Å². The van der Waals surface area contributed by atoms with E-state index in [-0.39, 0.29) is 16.4 Å². The summed E-state index contributed by atoms with van der Waals surface area (Å²) < 4.78 is 47.8. The fraction of sp³-hybridized carbons (Fsp3) is 0.455. The van der Waals surface area contributed by atoms with E-state index in [0.717, 1.165) is 0 Å². The number of hydrogen-bond acceptors (Lipinski definition) is 4. The van der Waals surface area contributed by atoms with Crippen LogP contribution in [0.1, 0.15) is 13.8 Å². The van der Waals surface area contributed by atoms with Gasteiger partial charge in [-0.1, -0.05) is 22.0 Å². The van der Waals surface area contributed by atoms with Crippen LogP contribution in [0.15, 0.2) is 33.6 Å². The van der Waals surface area contributed by atoms with Crippen LogP contribution in [0.4, 0.5) is 0 Å². The van der Waals surface area contributed by atoms with Crippen LogP contribution in [-0.2, 0) is 19.7 Å². The van der Waals surface area contributed by atoms with Crippen molar-refractivity contribution >= 4 is 35.6 Å². The van der Waals surface area contributed by atoms with Crippen molar-refractivity contribution < 1.29 is 16.8 Å². The quantitative estimate of drug-likeness (QED) is 0.811. The summed E-state index contributed by atoms with van der Waals surface area (Å²) in [4.78, 5) is 0.135. The summed E-state index contributed by atoms with van der Waals surface area (Å²) in [7, 11) is -6.90. The number of benzene rings is 1. The van der Waals surface area contributed by atoms with Gasteiger partial charge in [-0.05, 0) is 32.0 Å². The maximum absolute atomic E-state index is 12.0. The highest BCUT2D eigenvalue weighted by atomic mass is 79.9. The monoisotopic (exact) mass is 354 g/mol. The van der Waals surface area contributed by atoms with Crippen LogP contribution < -0.4 is 0 Å². The van der Waals surface area contributed by atoms with Crippen molar-refractivity contribution in [3.63, 3.8) is 0 Å². The van der Waals surface area contributed by atoms with Crippen molar-refractivity contribution in [1.82, 2.24) is 0 Å². The van der Waals surface area contributed by atoms with E-state index in [1.807, 2.05) is 0 Å². The Balaban J connectivity index is 2.91. The summed E-state index contributed by atoms with van der Waals surface area (Å²) in [6.07, 6.45) is 0. The molecule has 102 valence electrons. The molecule has 4 nitrogen and oxygen atoms in total. The molecule has 0 spiro atoms. The number of rotatable bonds is 5. The second kappa shape index (κ2) is 5.71. The predicted octanol–water partition coefficient (Wildman–Crippen LogP) is 2.05. The smallest absolute Gasteiger partial charge is 0.179 e. The Labute approximate surface area is 116 Å². The molecule has 0 saturated carbocycles. The summed E-state index contributed by atoms with van der Waals surface area (Å²) >= 11 is 3.19. The summed E-state index contributed by atoms with van der Waals surface area (Å²) in [6.45, 7) is 3.09. The van der Waals surface area contributed by atoms with Crippen LogP contribution in [0.25, 0.3) is 0 Å². The molecule has 0 N–H and O–H groups in total. The van der Waals surface area contributed by atoms with Crippen molar-refractivity contribution in [1.29, 1.82) is 0 Å². The molecule has 1 aromatic rings.